The van der Waals surface area contributed by atoms with E-state index in [1.54, 1.807) is 30.5 Å². The third kappa shape index (κ3) is 2.23. The van der Waals surface area contributed by atoms with Crippen molar-refractivity contribution in [1.82, 2.24) is 15.1 Å². The van der Waals surface area contributed by atoms with E-state index in [2.05, 4.69) is 15.1 Å². The lowest BCUT2D eigenvalue weighted by molar-refractivity contribution is 0.412. The van der Waals surface area contributed by atoms with E-state index in [1.807, 2.05) is 0 Å². The van der Waals surface area contributed by atoms with Crippen LogP contribution < -0.4 is 5.73 Å². The van der Waals surface area contributed by atoms with Crippen LogP contribution in [0.5, 0.6) is 0 Å². The van der Waals surface area contributed by atoms with Crippen LogP contribution in [0.25, 0.3) is 23.2 Å². The molecule has 19 heavy (non-hydrogen) atoms. The second kappa shape index (κ2) is 4.83. The molecule has 0 bridgehead atoms. The summed E-state index contributed by atoms with van der Waals surface area (Å²) in [4.78, 5) is 8.31. The highest BCUT2D eigenvalue weighted by Gasteiger charge is 2.16. The van der Waals surface area contributed by atoms with Gasteiger partial charge in [0.25, 0.3) is 5.89 Å². The third-order valence-corrected chi connectivity index (χ3v) is 2.77. The predicted octanol–water partition coefficient (Wildman–Crippen LogP) is 2.50. The van der Waals surface area contributed by atoms with E-state index in [-0.39, 0.29) is 5.89 Å². The normalized spacial score (nSPS) is 10.8. The summed E-state index contributed by atoms with van der Waals surface area (Å²) in [5, 5.41) is 4.29. The average Bonchev–Trinajstić information content (AvgIpc) is 3.08. The Hall–Kier alpha value is -2.18. The highest BCUT2D eigenvalue weighted by atomic mass is 35.5. The van der Waals surface area contributed by atoms with E-state index in [9.17, 15) is 0 Å². The molecule has 0 aliphatic carbocycles. The van der Waals surface area contributed by atoms with Gasteiger partial charge < -0.3 is 14.7 Å². The topological polar surface area (TPSA) is 91.0 Å². The Bertz CT molecular complexity index is 707. The molecule has 0 aliphatic rings. The van der Waals surface area contributed by atoms with E-state index in [4.69, 9.17) is 26.3 Å². The summed E-state index contributed by atoms with van der Waals surface area (Å²) in [6, 6.07) is 6.92. The molecule has 0 unspecified atom stereocenters. The summed E-state index contributed by atoms with van der Waals surface area (Å²) < 4.78 is 10.5. The molecule has 96 valence electrons. The first-order chi connectivity index (χ1) is 9.28. The number of halogens is 1. The van der Waals surface area contributed by atoms with Gasteiger partial charge in [0.1, 0.15) is 11.5 Å². The largest absolute Gasteiger partial charge is 0.455 e. The van der Waals surface area contributed by atoms with Crippen LogP contribution in [0.4, 0.5) is 0 Å². The van der Waals surface area contributed by atoms with Gasteiger partial charge in [0.15, 0.2) is 5.76 Å². The standard InChI is InChI=1S/C12H9ClN4O2/c13-8-2-1-5-15-10(8)11-16-12(19-17-11)9-4-3-7(6-14)18-9/h1-5H,6,14H2. The molecule has 7 heteroatoms. The van der Waals surface area contributed by atoms with Gasteiger partial charge in [-0.05, 0) is 24.3 Å². The summed E-state index contributed by atoms with van der Waals surface area (Å²) >= 11 is 6.02. The molecule has 0 atom stereocenters. The molecule has 0 radical (unpaired) electrons. The first kappa shape index (κ1) is 11.9. The number of pyridine rings is 1. The van der Waals surface area contributed by atoms with Crippen LogP contribution in [0.3, 0.4) is 0 Å². The molecule has 0 fully saturated rings. The van der Waals surface area contributed by atoms with E-state index in [1.165, 1.54) is 0 Å². The van der Waals surface area contributed by atoms with Gasteiger partial charge in [0, 0.05) is 6.20 Å². The van der Waals surface area contributed by atoms with Crippen molar-refractivity contribution < 1.29 is 8.94 Å². The van der Waals surface area contributed by atoms with E-state index in [0.717, 1.165) is 0 Å². The summed E-state index contributed by atoms with van der Waals surface area (Å²) in [6.07, 6.45) is 1.61. The van der Waals surface area contributed by atoms with Gasteiger partial charge in [-0.15, -0.1) is 0 Å². The van der Waals surface area contributed by atoms with Gasteiger partial charge in [-0.2, -0.15) is 4.98 Å². The maximum absolute atomic E-state index is 6.02. The van der Waals surface area contributed by atoms with E-state index < -0.39 is 0 Å². The van der Waals surface area contributed by atoms with Crippen molar-refractivity contribution in [3.05, 3.63) is 41.2 Å². The summed E-state index contributed by atoms with van der Waals surface area (Å²) in [5.41, 5.74) is 5.93. The highest BCUT2D eigenvalue weighted by molar-refractivity contribution is 6.32. The Morgan fingerprint density at radius 3 is 2.89 bits per heavy atom. The zero-order valence-corrected chi connectivity index (χ0v) is 10.5. The number of rotatable bonds is 3. The molecule has 0 aromatic carbocycles. The van der Waals surface area contributed by atoms with Gasteiger partial charge in [-0.1, -0.05) is 16.8 Å². The van der Waals surface area contributed by atoms with Gasteiger partial charge >= 0.3 is 0 Å². The fraction of sp³-hybridized carbons (Fsp3) is 0.0833. The Morgan fingerprint density at radius 1 is 1.26 bits per heavy atom. The number of hydrogen-bond donors (Lipinski definition) is 1. The molecule has 0 aliphatic heterocycles. The minimum absolute atomic E-state index is 0.261. The molecular weight excluding hydrogens is 268 g/mol. The summed E-state index contributed by atoms with van der Waals surface area (Å²) in [5.74, 6) is 1.68. The number of nitrogens with zero attached hydrogens (tertiary/aromatic N) is 3. The SMILES string of the molecule is NCc1ccc(-c2nc(-c3ncccc3Cl)no2)o1. The van der Waals surface area contributed by atoms with Gasteiger partial charge in [0.05, 0.1) is 11.6 Å². The second-order valence-electron chi connectivity index (χ2n) is 3.73. The lowest BCUT2D eigenvalue weighted by atomic mass is 10.3. The first-order valence-electron chi connectivity index (χ1n) is 5.51. The third-order valence-electron chi connectivity index (χ3n) is 2.47. The van der Waals surface area contributed by atoms with Gasteiger partial charge in [-0.25, -0.2) is 0 Å². The Balaban J connectivity index is 1.97. The van der Waals surface area contributed by atoms with Crippen molar-refractivity contribution >= 4 is 11.6 Å². The van der Waals surface area contributed by atoms with Gasteiger partial charge in [0.2, 0.25) is 5.82 Å². The Labute approximate surface area is 113 Å². The molecule has 0 saturated carbocycles. The van der Waals surface area contributed by atoms with Crippen molar-refractivity contribution in [2.75, 3.05) is 0 Å². The minimum atomic E-state index is 0.261. The van der Waals surface area contributed by atoms with E-state index in [0.29, 0.717) is 34.6 Å². The van der Waals surface area contributed by atoms with Crippen LogP contribution in [-0.4, -0.2) is 15.1 Å². The first-order valence-corrected chi connectivity index (χ1v) is 5.89. The molecule has 3 aromatic heterocycles. The maximum Gasteiger partial charge on any atom is 0.293 e. The van der Waals surface area contributed by atoms with Crippen molar-refractivity contribution in [2.24, 2.45) is 5.73 Å². The maximum atomic E-state index is 6.02. The average molecular weight is 277 g/mol. The summed E-state index contributed by atoms with van der Waals surface area (Å²) in [6.45, 7) is 0.313. The lowest BCUT2D eigenvalue weighted by Crippen LogP contribution is -1.92. The number of furan rings is 1. The smallest absolute Gasteiger partial charge is 0.293 e. The lowest BCUT2D eigenvalue weighted by Gasteiger charge is -1.94. The van der Waals surface area contributed by atoms with Crippen LogP contribution >= 0.6 is 11.6 Å². The predicted molar refractivity (Wildman–Crippen MR) is 68.1 cm³/mol. The second-order valence-corrected chi connectivity index (χ2v) is 4.13. The molecule has 3 heterocycles. The fourth-order valence-electron chi connectivity index (χ4n) is 1.57. The fourth-order valence-corrected chi connectivity index (χ4v) is 1.78. The number of aromatic nitrogens is 3. The van der Waals surface area contributed by atoms with Crippen molar-refractivity contribution in [3.63, 3.8) is 0 Å². The Kier molecular flexibility index (Phi) is 3.02. The van der Waals surface area contributed by atoms with E-state index >= 15 is 0 Å². The van der Waals surface area contributed by atoms with Crippen molar-refractivity contribution in [3.8, 4) is 23.2 Å². The molecule has 0 saturated heterocycles. The Morgan fingerprint density at radius 2 is 2.16 bits per heavy atom. The molecule has 2 N–H and O–H groups in total. The van der Waals surface area contributed by atoms with Crippen molar-refractivity contribution in [2.45, 2.75) is 6.54 Å². The number of nitrogens with two attached hydrogens (primary N) is 1. The quantitative estimate of drug-likeness (QED) is 0.790. The van der Waals surface area contributed by atoms with Crippen LogP contribution in [0.15, 0.2) is 39.4 Å². The van der Waals surface area contributed by atoms with Crippen LogP contribution in [0.1, 0.15) is 5.76 Å². The van der Waals surface area contributed by atoms with Crippen LogP contribution in [0.2, 0.25) is 5.02 Å². The monoisotopic (exact) mass is 276 g/mol. The highest BCUT2D eigenvalue weighted by Crippen LogP contribution is 2.26. The zero-order chi connectivity index (χ0) is 13.2. The number of hydrogen-bond acceptors (Lipinski definition) is 6. The molecule has 0 amide bonds. The molecular formula is C12H9ClN4O2. The molecule has 3 rings (SSSR count). The van der Waals surface area contributed by atoms with Crippen LogP contribution in [-0.2, 0) is 6.54 Å². The molecule has 0 spiro atoms. The molecule has 3 aromatic rings. The van der Waals surface area contributed by atoms with Crippen molar-refractivity contribution in [1.29, 1.82) is 0 Å². The minimum Gasteiger partial charge on any atom is -0.455 e. The van der Waals surface area contributed by atoms with Crippen LogP contribution in [0, 0.1) is 0 Å². The zero-order valence-electron chi connectivity index (χ0n) is 9.71. The van der Waals surface area contributed by atoms with Gasteiger partial charge in [-0.3, -0.25) is 4.98 Å². The summed E-state index contributed by atoms with van der Waals surface area (Å²) in [7, 11) is 0. The molecule has 6 nitrogen and oxygen atoms in total.